The minimum absolute atomic E-state index is 0.0285. The third-order valence-electron chi connectivity index (χ3n) is 1.96. The Hall–Kier alpha value is -2.17. The predicted octanol–water partition coefficient (Wildman–Crippen LogP) is 2.11. The third kappa shape index (κ3) is 3.66. The van der Waals surface area contributed by atoms with Crippen LogP contribution in [-0.4, -0.2) is 32.9 Å². The van der Waals surface area contributed by atoms with Crippen molar-refractivity contribution in [2.24, 2.45) is 0 Å². The third-order valence-corrected chi connectivity index (χ3v) is 2.58. The van der Waals surface area contributed by atoms with E-state index in [2.05, 4.69) is 46.6 Å². The van der Waals surface area contributed by atoms with E-state index in [0.717, 1.165) is 6.07 Å². The molecule has 7 nitrogen and oxygen atoms in total. The number of nitrogens with one attached hydrogen (secondary N) is 2. The van der Waals surface area contributed by atoms with E-state index in [1.165, 1.54) is 12.1 Å². The molecule has 2 aromatic rings. The van der Waals surface area contributed by atoms with Crippen molar-refractivity contribution in [3.05, 3.63) is 28.5 Å². The van der Waals surface area contributed by atoms with Crippen LogP contribution in [0, 0.1) is 0 Å². The van der Waals surface area contributed by atoms with Gasteiger partial charge in [0, 0.05) is 5.69 Å². The first kappa shape index (κ1) is 14.2. The summed E-state index contributed by atoms with van der Waals surface area (Å²) in [5.74, 6) is -1.28. The lowest BCUT2D eigenvalue weighted by atomic mass is 10.3. The number of H-pyrrole nitrogens is 1. The maximum atomic E-state index is 12.1. The molecule has 1 amide bonds. The van der Waals surface area contributed by atoms with E-state index in [1.807, 2.05) is 0 Å². The Morgan fingerprint density at radius 2 is 2.15 bits per heavy atom. The monoisotopic (exact) mass is 351 g/mol. The molecular formula is C9H5BrF3N5O2. The van der Waals surface area contributed by atoms with E-state index in [9.17, 15) is 18.0 Å². The van der Waals surface area contributed by atoms with Crippen molar-refractivity contribution in [2.45, 2.75) is 6.36 Å². The highest BCUT2D eigenvalue weighted by molar-refractivity contribution is 9.10. The van der Waals surface area contributed by atoms with Crippen molar-refractivity contribution in [3.8, 4) is 5.75 Å². The molecule has 0 radical (unpaired) electrons. The minimum atomic E-state index is -4.79. The molecule has 0 spiro atoms. The van der Waals surface area contributed by atoms with Gasteiger partial charge in [0.25, 0.3) is 11.7 Å². The molecule has 20 heavy (non-hydrogen) atoms. The number of anilines is 1. The number of carbonyl (C=O) groups is 1. The molecule has 0 saturated carbocycles. The summed E-state index contributed by atoms with van der Waals surface area (Å²) in [6.45, 7) is 0. The summed E-state index contributed by atoms with van der Waals surface area (Å²) in [5.41, 5.74) is 0.237. The molecule has 1 aromatic heterocycles. The average Bonchev–Trinajstić information content (AvgIpc) is 2.85. The van der Waals surface area contributed by atoms with Gasteiger partial charge in [-0.25, -0.2) is 0 Å². The lowest BCUT2D eigenvalue weighted by molar-refractivity contribution is -0.274. The van der Waals surface area contributed by atoms with E-state index < -0.39 is 18.0 Å². The fourth-order valence-corrected chi connectivity index (χ4v) is 1.69. The second-order valence-corrected chi connectivity index (χ2v) is 4.24. The maximum Gasteiger partial charge on any atom is 0.573 e. The first-order valence-electron chi connectivity index (χ1n) is 4.95. The lowest BCUT2D eigenvalue weighted by Gasteiger charge is -2.11. The largest absolute Gasteiger partial charge is 0.573 e. The number of alkyl halides is 3. The van der Waals surface area contributed by atoms with Crippen LogP contribution in [0.1, 0.15) is 10.6 Å². The number of tetrazole rings is 1. The summed E-state index contributed by atoms with van der Waals surface area (Å²) in [6, 6.07) is 3.55. The number of amides is 1. The highest BCUT2D eigenvalue weighted by Gasteiger charge is 2.32. The van der Waals surface area contributed by atoms with Crippen LogP contribution in [0.2, 0.25) is 0 Å². The fraction of sp³-hybridized carbons (Fsp3) is 0.111. The Morgan fingerprint density at radius 3 is 2.70 bits per heavy atom. The molecule has 0 aliphatic carbocycles. The van der Waals surface area contributed by atoms with Crippen LogP contribution in [0.25, 0.3) is 0 Å². The predicted molar refractivity (Wildman–Crippen MR) is 63.0 cm³/mol. The van der Waals surface area contributed by atoms with Crippen molar-refractivity contribution in [1.82, 2.24) is 20.6 Å². The zero-order valence-corrected chi connectivity index (χ0v) is 11.0. The average molecular weight is 352 g/mol. The Labute approximate surface area is 117 Å². The summed E-state index contributed by atoms with van der Waals surface area (Å²) in [5, 5.41) is 14.6. The Kier molecular flexibility index (Phi) is 3.88. The van der Waals surface area contributed by atoms with Gasteiger partial charge in [-0.15, -0.1) is 23.4 Å². The maximum absolute atomic E-state index is 12.1. The molecule has 0 bridgehead atoms. The quantitative estimate of drug-likeness (QED) is 0.883. The topological polar surface area (TPSA) is 92.8 Å². The van der Waals surface area contributed by atoms with Crippen LogP contribution in [0.3, 0.4) is 0 Å². The van der Waals surface area contributed by atoms with E-state index in [1.54, 1.807) is 0 Å². The lowest BCUT2D eigenvalue weighted by Crippen LogP contribution is -2.17. The molecule has 0 fully saturated rings. The van der Waals surface area contributed by atoms with Crippen LogP contribution < -0.4 is 10.1 Å². The van der Waals surface area contributed by atoms with Gasteiger partial charge in [0.2, 0.25) is 0 Å². The standard InChI is InChI=1S/C9H5BrF3N5O2/c10-5-3-4(1-2-6(5)20-9(11,12)13)14-8(19)7-15-17-18-16-7/h1-3H,(H,14,19)(H,15,16,17,18). The van der Waals surface area contributed by atoms with Crippen molar-refractivity contribution < 1.29 is 22.7 Å². The first-order chi connectivity index (χ1) is 9.35. The van der Waals surface area contributed by atoms with Crippen LogP contribution >= 0.6 is 15.9 Å². The van der Waals surface area contributed by atoms with Gasteiger partial charge in [-0.2, -0.15) is 5.21 Å². The minimum Gasteiger partial charge on any atom is -0.405 e. The molecule has 106 valence electrons. The second-order valence-electron chi connectivity index (χ2n) is 3.38. The van der Waals surface area contributed by atoms with Gasteiger partial charge in [-0.05, 0) is 39.3 Å². The number of benzene rings is 1. The SMILES string of the molecule is O=C(Nc1ccc(OC(F)(F)F)c(Br)c1)c1nn[nH]n1. The van der Waals surface area contributed by atoms with E-state index in [0.29, 0.717) is 0 Å². The van der Waals surface area contributed by atoms with Gasteiger partial charge < -0.3 is 10.1 Å². The van der Waals surface area contributed by atoms with Crippen LogP contribution in [0.5, 0.6) is 5.75 Å². The van der Waals surface area contributed by atoms with Crippen molar-refractivity contribution in [2.75, 3.05) is 5.32 Å². The highest BCUT2D eigenvalue weighted by atomic mass is 79.9. The summed E-state index contributed by atoms with van der Waals surface area (Å²) < 4.78 is 40.0. The number of halogens is 4. The van der Waals surface area contributed by atoms with Gasteiger partial charge in [-0.1, -0.05) is 0 Å². The molecule has 2 rings (SSSR count). The van der Waals surface area contributed by atoms with Crippen molar-refractivity contribution >= 4 is 27.5 Å². The number of aromatic amines is 1. The zero-order chi connectivity index (χ0) is 14.8. The van der Waals surface area contributed by atoms with E-state index >= 15 is 0 Å². The molecule has 1 heterocycles. The molecule has 0 atom stereocenters. The summed E-state index contributed by atoms with van der Waals surface area (Å²) >= 11 is 2.91. The Bertz CT molecular complexity index is 617. The second kappa shape index (κ2) is 5.45. The van der Waals surface area contributed by atoms with Gasteiger partial charge in [0.15, 0.2) is 0 Å². The fourth-order valence-electron chi connectivity index (χ4n) is 1.23. The molecule has 0 saturated heterocycles. The summed E-state index contributed by atoms with van der Waals surface area (Å²) in [7, 11) is 0. The highest BCUT2D eigenvalue weighted by Crippen LogP contribution is 2.32. The normalized spacial score (nSPS) is 11.2. The van der Waals surface area contributed by atoms with Gasteiger partial charge in [0.05, 0.1) is 4.47 Å². The van der Waals surface area contributed by atoms with E-state index in [-0.39, 0.29) is 16.0 Å². The van der Waals surface area contributed by atoms with Crippen molar-refractivity contribution in [1.29, 1.82) is 0 Å². The molecule has 0 aliphatic heterocycles. The number of aromatic nitrogens is 4. The van der Waals surface area contributed by atoms with Crippen molar-refractivity contribution in [3.63, 3.8) is 0 Å². The molecular weight excluding hydrogens is 347 g/mol. The molecule has 0 unspecified atom stereocenters. The number of nitrogens with zero attached hydrogens (tertiary/aromatic N) is 3. The number of hydrogen-bond donors (Lipinski definition) is 2. The number of carbonyl (C=O) groups excluding carboxylic acids is 1. The van der Waals surface area contributed by atoms with Gasteiger partial charge in [-0.3, -0.25) is 4.79 Å². The Morgan fingerprint density at radius 1 is 1.40 bits per heavy atom. The molecule has 2 N–H and O–H groups in total. The van der Waals surface area contributed by atoms with Crippen LogP contribution in [0.15, 0.2) is 22.7 Å². The summed E-state index contributed by atoms with van der Waals surface area (Å²) in [6.07, 6.45) is -4.79. The molecule has 0 aliphatic rings. The Balaban J connectivity index is 2.11. The van der Waals surface area contributed by atoms with Crippen LogP contribution in [-0.2, 0) is 0 Å². The smallest absolute Gasteiger partial charge is 0.405 e. The van der Waals surface area contributed by atoms with Crippen LogP contribution in [0.4, 0.5) is 18.9 Å². The molecule has 1 aromatic carbocycles. The zero-order valence-electron chi connectivity index (χ0n) is 9.40. The number of rotatable bonds is 3. The van der Waals surface area contributed by atoms with E-state index in [4.69, 9.17) is 0 Å². The van der Waals surface area contributed by atoms with Gasteiger partial charge >= 0.3 is 6.36 Å². The van der Waals surface area contributed by atoms with Gasteiger partial charge in [0.1, 0.15) is 5.75 Å². The summed E-state index contributed by atoms with van der Waals surface area (Å²) in [4.78, 5) is 11.6. The number of hydrogen-bond acceptors (Lipinski definition) is 5. The molecule has 11 heteroatoms. The number of ether oxygens (including phenoxy) is 1. The first-order valence-corrected chi connectivity index (χ1v) is 5.74.